The van der Waals surface area contributed by atoms with Crippen molar-refractivity contribution in [3.63, 3.8) is 0 Å². The van der Waals surface area contributed by atoms with Crippen LogP contribution in [0.2, 0.25) is 10.0 Å². The first kappa shape index (κ1) is 22.1. The molecular formula is C20H16Cl2N2O5S. The van der Waals surface area contributed by atoms with Crippen LogP contribution in [-0.2, 0) is 19.1 Å². The number of carbonyl (C=O) groups excluding carboxylic acids is 4. The summed E-state index contributed by atoms with van der Waals surface area (Å²) in [5, 5.41) is 2.61. The number of rotatable bonds is 6. The van der Waals surface area contributed by atoms with E-state index in [9.17, 15) is 19.2 Å². The molecule has 0 spiro atoms. The molecule has 2 aromatic carbocycles. The van der Waals surface area contributed by atoms with E-state index in [4.69, 9.17) is 27.9 Å². The maximum Gasteiger partial charge on any atom is 0.339 e. The van der Waals surface area contributed by atoms with Crippen molar-refractivity contribution in [3.05, 3.63) is 58.1 Å². The molecule has 1 aliphatic heterocycles. The fourth-order valence-electron chi connectivity index (χ4n) is 2.69. The third kappa shape index (κ3) is 5.13. The van der Waals surface area contributed by atoms with E-state index in [0.29, 0.717) is 15.6 Å². The van der Waals surface area contributed by atoms with Crippen molar-refractivity contribution >= 4 is 64.3 Å². The normalized spacial score (nSPS) is 16.0. The van der Waals surface area contributed by atoms with Gasteiger partial charge >= 0.3 is 5.97 Å². The number of benzene rings is 2. The van der Waals surface area contributed by atoms with Gasteiger partial charge in [-0.05, 0) is 30.3 Å². The smallest absolute Gasteiger partial charge is 0.339 e. The van der Waals surface area contributed by atoms with Crippen LogP contribution in [0, 0.1) is 0 Å². The molecule has 0 saturated carbocycles. The topological polar surface area (TPSA) is 92.8 Å². The van der Waals surface area contributed by atoms with E-state index in [2.05, 4.69) is 5.32 Å². The quantitative estimate of drug-likeness (QED) is 0.515. The zero-order chi connectivity index (χ0) is 21.8. The number of esters is 1. The number of hydrogen-bond acceptors (Lipinski definition) is 6. The number of hydrogen-bond donors (Lipinski definition) is 1. The number of halogens is 2. The summed E-state index contributed by atoms with van der Waals surface area (Å²) in [5.74, 6) is -1.88. The molecule has 3 rings (SSSR count). The first-order chi connectivity index (χ1) is 14.3. The Labute approximate surface area is 186 Å². The monoisotopic (exact) mass is 466 g/mol. The summed E-state index contributed by atoms with van der Waals surface area (Å²) in [7, 11) is 1.43. The number of anilines is 1. The van der Waals surface area contributed by atoms with E-state index in [1.54, 1.807) is 24.3 Å². The molecule has 1 atom stereocenters. The molecule has 1 N–H and O–H groups in total. The second kappa shape index (κ2) is 9.51. The Kier molecular flexibility index (Phi) is 7.02. The van der Waals surface area contributed by atoms with Crippen LogP contribution in [0.3, 0.4) is 0 Å². The third-order valence-corrected chi connectivity index (χ3v) is 6.07. The molecule has 1 unspecified atom stereocenters. The van der Waals surface area contributed by atoms with E-state index >= 15 is 0 Å². The Morgan fingerprint density at radius 1 is 1.20 bits per heavy atom. The summed E-state index contributed by atoms with van der Waals surface area (Å²) in [6, 6.07) is 11.1. The molecule has 0 bridgehead atoms. The molecule has 1 heterocycles. The van der Waals surface area contributed by atoms with Gasteiger partial charge in [0.05, 0.1) is 21.5 Å². The first-order valence-corrected chi connectivity index (χ1v) is 10.4. The maximum absolute atomic E-state index is 12.5. The predicted molar refractivity (Wildman–Crippen MR) is 114 cm³/mol. The van der Waals surface area contributed by atoms with Crippen molar-refractivity contribution in [2.24, 2.45) is 0 Å². The highest BCUT2D eigenvalue weighted by atomic mass is 35.5. The highest BCUT2D eigenvalue weighted by Gasteiger charge is 2.37. The zero-order valence-corrected chi connectivity index (χ0v) is 18.0. The number of nitrogens with zero attached hydrogens (tertiary/aromatic N) is 1. The van der Waals surface area contributed by atoms with Crippen molar-refractivity contribution in [1.29, 1.82) is 0 Å². The van der Waals surface area contributed by atoms with Gasteiger partial charge in [-0.25, -0.2) is 4.79 Å². The number of nitrogens with one attached hydrogen (secondary N) is 1. The lowest BCUT2D eigenvalue weighted by atomic mass is 10.2. The highest BCUT2D eigenvalue weighted by Crippen LogP contribution is 2.33. The SMILES string of the molecule is CN1C(=O)CC(Sc2ccccc2C(=O)OCC(=O)Nc2ccc(Cl)cc2Cl)C1=O. The van der Waals surface area contributed by atoms with Crippen LogP contribution in [0.1, 0.15) is 16.8 Å². The molecule has 0 aromatic heterocycles. The molecule has 156 valence electrons. The van der Waals surface area contributed by atoms with Crippen LogP contribution in [0.5, 0.6) is 0 Å². The lowest BCUT2D eigenvalue weighted by Crippen LogP contribution is -2.26. The largest absolute Gasteiger partial charge is 0.452 e. The number of thioether (sulfide) groups is 1. The van der Waals surface area contributed by atoms with Crippen LogP contribution in [0.4, 0.5) is 5.69 Å². The van der Waals surface area contributed by atoms with Gasteiger partial charge in [0, 0.05) is 23.4 Å². The minimum Gasteiger partial charge on any atom is -0.452 e. The van der Waals surface area contributed by atoms with Crippen LogP contribution >= 0.6 is 35.0 Å². The Bertz CT molecular complexity index is 1030. The fraction of sp³-hybridized carbons (Fsp3) is 0.200. The van der Waals surface area contributed by atoms with E-state index in [0.717, 1.165) is 16.7 Å². The van der Waals surface area contributed by atoms with E-state index < -0.39 is 23.7 Å². The van der Waals surface area contributed by atoms with Gasteiger partial charge in [-0.3, -0.25) is 19.3 Å². The lowest BCUT2D eigenvalue weighted by molar-refractivity contribution is -0.136. The standard InChI is InChI=1S/C20H16Cl2N2O5S/c1-24-18(26)9-16(19(24)27)30-15-5-3-2-4-12(15)20(28)29-10-17(25)23-14-7-6-11(21)8-13(14)22/h2-8,16H,9-10H2,1H3,(H,23,25). The molecular weight excluding hydrogens is 451 g/mol. The summed E-state index contributed by atoms with van der Waals surface area (Å²) < 4.78 is 5.10. The minimum atomic E-state index is -0.722. The first-order valence-electron chi connectivity index (χ1n) is 8.74. The molecule has 1 fully saturated rings. The van der Waals surface area contributed by atoms with Gasteiger partial charge in [0.2, 0.25) is 11.8 Å². The van der Waals surface area contributed by atoms with Gasteiger partial charge in [0.15, 0.2) is 6.61 Å². The lowest BCUT2D eigenvalue weighted by Gasteiger charge is -2.12. The number of carbonyl (C=O) groups is 4. The number of ether oxygens (including phenoxy) is 1. The molecule has 2 aromatic rings. The van der Waals surface area contributed by atoms with E-state index in [1.165, 1.54) is 25.2 Å². The van der Waals surface area contributed by atoms with Crippen molar-refractivity contribution < 1.29 is 23.9 Å². The summed E-state index contributed by atoms with van der Waals surface area (Å²) in [6.07, 6.45) is 0.0631. The van der Waals surface area contributed by atoms with Gasteiger partial charge in [0.1, 0.15) is 0 Å². The summed E-state index contributed by atoms with van der Waals surface area (Å²) >= 11 is 12.9. The Balaban J connectivity index is 1.62. The molecule has 7 nitrogen and oxygen atoms in total. The summed E-state index contributed by atoms with van der Waals surface area (Å²) in [6.45, 7) is -0.527. The van der Waals surface area contributed by atoms with Gasteiger partial charge in [-0.1, -0.05) is 35.3 Å². The average molecular weight is 467 g/mol. The minimum absolute atomic E-state index is 0.0631. The molecule has 1 aliphatic rings. The van der Waals surface area contributed by atoms with Crippen LogP contribution in [0.25, 0.3) is 0 Å². The molecule has 1 saturated heterocycles. The Morgan fingerprint density at radius 2 is 1.93 bits per heavy atom. The van der Waals surface area contributed by atoms with Crippen LogP contribution < -0.4 is 5.32 Å². The Morgan fingerprint density at radius 3 is 2.60 bits per heavy atom. The van der Waals surface area contributed by atoms with E-state index in [-0.39, 0.29) is 28.8 Å². The van der Waals surface area contributed by atoms with E-state index in [1.807, 2.05) is 0 Å². The third-order valence-electron chi connectivity index (χ3n) is 4.26. The van der Waals surface area contributed by atoms with Gasteiger partial charge in [-0.15, -0.1) is 11.8 Å². The Hall–Kier alpha value is -2.55. The average Bonchev–Trinajstić information content (AvgIpc) is 2.95. The number of imide groups is 1. The van der Waals surface area contributed by atoms with Crippen molar-refractivity contribution in [2.75, 3.05) is 19.0 Å². The van der Waals surface area contributed by atoms with Crippen LogP contribution in [-0.4, -0.2) is 47.5 Å². The highest BCUT2D eigenvalue weighted by molar-refractivity contribution is 8.00. The van der Waals surface area contributed by atoms with Crippen molar-refractivity contribution in [2.45, 2.75) is 16.6 Å². The number of likely N-dealkylation sites (tertiary alicyclic amines) is 1. The summed E-state index contributed by atoms with van der Waals surface area (Å²) in [4.78, 5) is 50.0. The predicted octanol–water partition coefficient (Wildman–Crippen LogP) is 3.64. The van der Waals surface area contributed by atoms with Crippen molar-refractivity contribution in [1.82, 2.24) is 4.90 Å². The zero-order valence-electron chi connectivity index (χ0n) is 15.7. The fourth-order valence-corrected chi connectivity index (χ4v) is 4.37. The molecule has 30 heavy (non-hydrogen) atoms. The van der Waals surface area contributed by atoms with Crippen LogP contribution in [0.15, 0.2) is 47.4 Å². The summed E-state index contributed by atoms with van der Waals surface area (Å²) in [5.41, 5.74) is 0.543. The van der Waals surface area contributed by atoms with Crippen molar-refractivity contribution in [3.8, 4) is 0 Å². The number of amides is 3. The molecule has 10 heteroatoms. The van der Waals surface area contributed by atoms with Gasteiger partial charge in [0.25, 0.3) is 5.91 Å². The second-order valence-electron chi connectivity index (χ2n) is 6.35. The van der Waals surface area contributed by atoms with Gasteiger partial charge < -0.3 is 10.1 Å². The second-order valence-corrected chi connectivity index (χ2v) is 8.43. The molecule has 0 aliphatic carbocycles. The van der Waals surface area contributed by atoms with Gasteiger partial charge in [-0.2, -0.15) is 0 Å². The maximum atomic E-state index is 12.5. The molecule has 0 radical (unpaired) electrons. The molecule has 3 amide bonds.